The van der Waals surface area contributed by atoms with E-state index in [0.717, 1.165) is 12.1 Å². The quantitative estimate of drug-likeness (QED) is 0.634. The zero-order valence-electron chi connectivity index (χ0n) is 19.0. The maximum Gasteiger partial charge on any atom is 0.236 e. The number of hydrogen-bond acceptors (Lipinski definition) is 6. The minimum Gasteiger partial charge on any atom is -0.496 e. The van der Waals surface area contributed by atoms with Crippen LogP contribution in [0.2, 0.25) is 5.02 Å². The first-order valence-electron chi connectivity index (χ1n) is 10.8. The van der Waals surface area contributed by atoms with E-state index in [1.165, 1.54) is 26.4 Å². The molecule has 10 heteroatoms. The van der Waals surface area contributed by atoms with Gasteiger partial charge in [0.1, 0.15) is 22.1 Å². The Hall–Kier alpha value is -3.46. The SMILES string of the molecule is COc1cc(OC)c2c(c1Cl)O[C@@]1(C(=O)C3=C(C[C@H]1C)NC(=O)C[C@@H]3c1ccc(F)c(F)c1)C2=O. The molecule has 2 aliphatic heterocycles. The van der Waals surface area contributed by atoms with Gasteiger partial charge in [-0.2, -0.15) is 0 Å². The number of hydrogen-bond donors (Lipinski definition) is 1. The second-order valence-corrected chi connectivity index (χ2v) is 9.15. The molecule has 0 unspecified atom stereocenters. The molecule has 2 aromatic carbocycles. The largest absolute Gasteiger partial charge is 0.496 e. The van der Waals surface area contributed by atoms with Crippen molar-refractivity contribution in [3.05, 3.63) is 63.3 Å². The van der Waals surface area contributed by atoms with Gasteiger partial charge in [-0.1, -0.05) is 24.6 Å². The third-order valence-electron chi connectivity index (χ3n) is 6.90. The number of nitrogens with one attached hydrogen (secondary N) is 1. The van der Waals surface area contributed by atoms with Crippen LogP contribution in [0.5, 0.6) is 17.2 Å². The summed E-state index contributed by atoms with van der Waals surface area (Å²) in [7, 11) is 2.76. The number of Topliss-reactive ketones (excluding diaryl/α,β-unsaturated/α-hetero) is 2. The Labute approximate surface area is 204 Å². The predicted molar refractivity (Wildman–Crippen MR) is 120 cm³/mol. The van der Waals surface area contributed by atoms with E-state index in [-0.39, 0.29) is 57.7 Å². The highest BCUT2D eigenvalue weighted by atomic mass is 35.5. The predicted octanol–water partition coefficient (Wildman–Crippen LogP) is 4.12. The molecule has 1 N–H and O–H groups in total. The number of allylic oxidation sites excluding steroid dienone is 1. The van der Waals surface area contributed by atoms with Crippen molar-refractivity contribution in [2.45, 2.75) is 31.3 Å². The Morgan fingerprint density at radius 1 is 1.03 bits per heavy atom. The summed E-state index contributed by atoms with van der Waals surface area (Å²) >= 11 is 6.44. The first-order chi connectivity index (χ1) is 16.6. The van der Waals surface area contributed by atoms with Gasteiger partial charge in [-0.3, -0.25) is 14.4 Å². The van der Waals surface area contributed by atoms with Crippen molar-refractivity contribution in [2.24, 2.45) is 5.92 Å². The maximum atomic E-state index is 14.1. The molecule has 0 bridgehead atoms. The topological polar surface area (TPSA) is 90.9 Å². The number of rotatable bonds is 3. The van der Waals surface area contributed by atoms with E-state index in [4.69, 9.17) is 25.8 Å². The number of ether oxygens (including phenoxy) is 3. The average Bonchev–Trinajstić information content (AvgIpc) is 3.14. The van der Waals surface area contributed by atoms with Crippen molar-refractivity contribution in [1.82, 2.24) is 5.32 Å². The number of carbonyl (C=O) groups excluding carboxylic acids is 3. The number of fused-ring (bicyclic) bond motifs is 1. The molecule has 3 atom stereocenters. The lowest BCUT2D eigenvalue weighted by Gasteiger charge is -2.41. The van der Waals surface area contributed by atoms with Gasteiger partial charge in [0.2, 0.25) is 23.1 Å². The van der Waals surface area contributed by atoms with Crippen LogP contribution < -0.4 is 19.5 Å². The Bertz CT molecular complexity index is 1360. The fraction of sp³-hybridized carbons (Fsp3) is 0.320. The van der Waals surface area contributed by atoms with E-state index < -0.39 is 40.6 Å². The van der Waals surface area contributed by atoms with Crippen molar-refractivity contribution < 1.29 is 37.4 Å². The van der Waals surface area contributed by atoms with Crippen LogP contribution in [0, 0.1) is 17.6 Å². The van der Waals surface area contributed by atoms with Gasteiger partial charge in [-0.05, 0) is 24.1 Å². The lowest BCUT2D eigenvalue weighted by atomic mass is 9.66. The van der Waals surface area contributed by atoms with E-state index in [2.05, 4.69) is 5.32 Å². The molecule has 7 nitrogen and oxygen atoms in total. The van der Waals surface area contributed by atoms with Crippen LogP contribution in [0.3, 0.4) is 0 Å². The van der Waals surface area contributed by atoms with Gasteiger partial charge in [0.05, 0.1) is 14.2 Å². The van der Waals surface area contributed by atoms with Crippen molar-refractivity contribution in [3.8, 4) is 17.2 Å². The summed E-state index contributed by atoms with van der Waals surface area (Å²) in [5, 5.41) is 2.73. The van der Waals surface area contributed by atoms with Crippen LogP contribution >= 0.6 is 11.6 Å². The molecule has 5 rings (SSSR count). The lowest BCUT2D eigenvalue weighted by Crippen LogP contribution is -2.59. The van der Waals surface area contributed by atoms with Gasteiger partial charge in [-0.15, -0.1) is 0 Å². The number of ketones is 2. The summed E-state index contributed by atoms with van der Waals surface area (Å²) in [6.07, 6.45) is -0.0526. The van der Waals surface area contributed by atoms with E-state index in [0.29, 0.717) is 5.70 Å². The number of amides is 1. The Kier molecular flexibility index (Phi) is 5.36. The van der Waals surface area contributed by atoms with Crippen LogP contribution in [-0.2, 0) is 9.59 Å². The molecule has 182 valence electrons. The van der Waals surface area contributed by atoms with Crippen LogP contribution in [0.25, 0.3) is 0 Å². The van der Waals surface area contributed by atoms with Crippen molar-refractivity contribution in [1.29, 1.82) is 0 Å². The number of benzene rings is 2. The lowest BCUT2D eigenvalue weighted by molar-refractivity contribution is -0.131. The zero-order chi connectivity index (χ0) is 25.2. The molecule has 0 saturated heterocycles. The second kappa shape index (κ2) is 8.05. The Balaban J connectivity index is 1.67. The molecular weight excluding hydrogens is 484 g/mol. The number of halogens is 3. The number of methoxy groups -OCH3 is 2. The molecule has 1 spiro atoms. The van der Waals surface area contributed by atoms with Gasteiger partial charge >= 0.3 is 0 Å². The van der Waals surface area contributed by atoms with E-state index >= 15 is 0 Å². The average molecular weight is 504 g/mol. The first-order valence-corrected chi connectivity index (χ1v) is 11.2. The maximum absolute atomic E-state index is 14.1. The summed E-state index contributed by atoms with van der Waals surface area (Å²) in [4.78, 5) is 40.5. The summed E-state index contributed by atoms with van der Waals surface area (Å²) in [6, 6.07) is 4.65. The molecule has 0 saturated carbocycles. The molecular formula is C25H20ClF2NO6. The Morgan fingerprint density at radius 3 is 2.40 bits per heavy atom. The van der Waals surface area contributed by atoms with Crippen molar-refractivity contribution in [2.75, 3.05) is 14.2 Å². The molecule has 3 aliphatic rings. The molecule has 2 aromatic rings. The minimum atomic E-state index is -1.97. The normalized spacial score (nSPS) is 25.3. The molecule has 1 amide bonds. The van der Waals surface area contributed by atoms with E-state index in [1.54, 1.807) is 6.92 Å². The van der Waals surface area contributed by atoms with Gasteiger partial charge in [-0.25, -0.2) is 8.78 Å². The molecule has 0 fully saturated rings. The fourth-order valence-corrected chi connectivity index (χ4v) is 5.47. The molecule has 0 aromatic heterocycles. The first kappa shape index (κ1) is 23.3. The highest BCUT2D eigenvalue weighted by molar-refractivity contribution is 6.36. The number of carbonyl (C=O) groups is 3. The fourth-order valence-electron chi connectivity index (χ4n) is 5.20. The summed E-state index contributed by atoms with van der Waals surface area (Å²) < 4.78 is 44.4. The minimum absolute atomic E-state index is 0.0161. The zero-order valence-corrected chi connectivity index (χ0v) is 19.7. The van der Waals surface area contributed by atoms with Crippen LogP contribution in [0.15, 0.2) is 35.5 Å². The van der Waals surface area contributed by atoms with Gasteiger partial charge < -0.3 is 19.5 Å². The van der Waals surface area contributed by atoms with E-state index in [9.17, 15) is 23.2 Å². The van der Waals surface area contributed by atoms with Gasteiger partial charge in [0, 0.05) is 35.6 Å². The van der Waals surface area contributed by atoms with Gasteiger partial charge in [0.25, 0.3) is 0 Å². The monoisotopic (exact) mass is 503 g/mol. The summed E-state index contributed by atoms with van der Waals surface area (Å²) in [5.74, 6) is -5.09. The van der Waals surface area contributed by atoms with Gasteiger partial charge in [0.15, 0.2) is 17.4 Å². The molecule has 35 heavy (non-hydrogen) atoms. The smallest absolute Gasteiger partial charge is 0.236 e. The van der Waals surface area contributed by atoms with Crippen molar-refractivity contribution >= 4 is 29.1 Å². The van der Waals surface area contributed by atoms with Crippen LogP contribution in [0.4, 0.5) is 8.78 Å². The Morgan fingerprint density at radius 2 is 1.74 bits per heavy atom. The second-order valence-electron chi connectivity index (χ2n) is 8.77. The van der Waals surface area contributed by atoms with E-state index in [1.807, 2.05) is 0 Å². The third kappa shape index (κ3) is 3.17. The molecule has 0 radical (unpaired) electrons. The van der Waals surface area contributed by atoms with Crippen LogP contribution in [-0.4, -0.2) is 37.3 Å². The van der Waals surface area contributed by atoms with Crippen molar-refractivity contribution in [3.63, 3.8) is 0 Å². The highest BCUT2D eigenvalue weighted by Gasteiger charge is 2.63. The molecule has 1 aliphatic carbocycles. The summed E-state index contributed by atoms with van der Waals surface area (Å²) in [5.41, 5.74) is -1.25. The summed E-state index contributed by atoms with van der Waals surface area (Å²) in [6.45, 7) is 1.66. The third-order valence-corrected chi connectivity index (χ3v) is 7.26. The molecule has 2 heterocycles. The highest BCUT2D eigenvalue weighted by Crippen LogP contribution is 2.55. The standard InChI is InChI=1S/C25H20ClF2NO6/c1-10-6-15-19(12(8-18(30)29-15)11-4-5-13(27)14(28)7-11)23(31)25(10)24(32)20-16(33-2)9-17(34-3)21(26)22(20)35-25/h4-5,7,9-10,12H,6,8H2,1-3H3,(H,29,30)/t10-,12-,25+/m1/s1. The van der Waals surface area contributed by atoms with Crippen LogP contribution in [0.1, 0.15) is 41.6 Å².